The molecule has 0 saturated heterocycles. The van der Waals surface area contributed by atoms with Gasteiger partial charge in [0, 0.05) is 23.4 Å². The van der Waals surface area contributed by atoms with Crippen LogP contribution in [0.4, 0.5) is 11.4 Å². The van der Waals surface area contributed by atoms with Gasteiger partial charge >= 0.3 is 0 Å². The molecule has 3 aromatic rings. The highest BCUT2D eigenvalue weighted by Gasteiger charge is 2.20. The SMILES string of the molecule is CC(C)NS(=O)(=O)c1cccc(C(=O)Nc2ccccc2C(=O)Nc2ccc3c(c2)OCO3)c1. The van der Waals surface area contributed by atoms with E-state index in [9.17, 15) is 18.0 Å². The summed E-state index contributed by atoms with van der Waals surface area (Å²) in [5, 5.41) is 5.47. The predicted molar refractivity (Wildman–Crippen MR) is 127 cm³/mol. The van der Waals surface area contributed by atoms with Crippen molar-refractivity contribution in [2.75, 3.05) is 17.4 Å². The van der Waals surface area contributed by atoms with Crippen LogP contribution in [0.3, 0.4) is 0 Å². The number of hydrogen-bond donors (Lipinski definition) is 3. The second kappa shape index (κ2) is 9.54. The van der Waals surface area contributed by atoms with Gasteiger partial charge in [-0.3, -0.25) is 9.59 Å². The lowest BCUT2D eigenvalue weighted by Crippen LogP contribution is -2.30. The van der Waals surface area contributed by atoms with Crippen LogP contribution in [0.2, 0.25) is 0 Å². The van der Waals surface area contributed by atoms with E-state index in [2.05, 4.69) is 15.4 Å². The number of amides is 2. The van der Waals surface area contributed by atoms with E-state index in [1.165, 1.54) is 24.3 Å². The van der Waals surface area contributed by atoms with Gasteiger partial charge in [0.15, 0.2) is 11.5 Å². The van der Waals surface area contributed by atoms with Crippen molar-refractivity contribution in [3.05, 3.63) is 77.9 Å². The lowest BCUT2D eigenvalue weighted by atomic mass is 10.1. The molecule has 1 heterocycles. The van der Waals surface area contributed by atoms with Gasteiger partial charge in [0.2, 0.25) is 16.8 Å². The number of benzene rings is 3. The molecule has 0 aromatic heterocycles. The van der Waals surface area contributed by atoms with Gasteiger partial charge in [-0.25, -0.2) is 13.1 Å². The van der Waals surface area contributed by atoms with E-state index < -0.39 is 21.8 Å². The van der Waals surface area contributed by atoms with Gasteiger partial charge in [-0.05, 0) is 56.3 Å². The highest BCUT2D eigenvalue weighted by molar-refractivity contribution is 7.89. The normalized spacial score (nSPS) is 12.4. The zero-order valence-corrected chi connectivity index (χ0v) is 19.3. The Kier molecular flexibility index (Phi) is 6.53. The molecule has 9 nitrogen and oxygen atoms in total. The van der Waals surface area contributed by atoms with Crippen LogP contribution in [0.15, 0.2) is 71.6 Å². The molecular weight excluding hydrogens is 458 g/mol. The third kappa shape index (κ3) is 5.19. The number of carbonyl (C=O) groups is 2. The highest BCUT2D eigenvalue weighted by atomic mass is 32.2. The Morgan fingerprint density at radius 1 is 0.853 bits per heavy atom. The fourth-order valence-electron chi connectivity index (χ4n) is 3.34. The third-order valence-electron chi connectivity index (χ3n) is 4.85. The molecule has 0 saturated carbocycles. The van der Waals surface area contributed by atoms with Crippen LogP contribution in [0.1, 0.15) is 34.6 Å². The van der Waals surface area contributed by atoms with Crippen molar-refractivity contribution in [2.45, 2.75) is 24.8 Å². The summed E-state index contributed by atoms with van der Waals surface area (Å²) in [6.45, 7) is 3.54. The number of anilines is 2. The number of carbonyl (C=O) groups excluding carboxylic acids is 2. The van der Waals surface area contributed by atoms with Gasteiger partial charge in [0.05, 0.1) is 16.1 Å². The van der Waals surface area contributed by atoms with E-state index in [4.69, 9.17) is 9.47 Å². The summed E-state index contributed by atoms with van der Waals surface area (Å²) in [7, 11) is -3.76. The molecule has 0 spiro atoms. The van der Waals surface area contributed by atoms with Gasteiger partial charge in [-0.1, -0.05) is 18.2 Å². The van der Waals surface area contributed by atoms with E-state index in [0.29, 0.717) is 17.2 Å². The Hall–Kier alpha value is -3.89. The molecule has 176 valence electrons. The van der Waals surface area contributed by atoms with E-state index in [0.717, 1.165) is 0 Å². The molecule has 10 heteroatoms. The summed E-state index contributed by atoms with van der Waals surface area (Å²) < 4.78 is 38.0. The number of para-hydroxylation sites is 1. The number of ether oxygens (including phenoxy) is 2. The lowest BCUT2D eigenvalue weighted by molar-refractivity contribution is 0.102. The Morgan fingerprint density at radius 2 is 1.62 bits per heavy atom. The van der Waals surface area contributed by atoms with Crippen molar-refractivity contribution >= 4 is 33.2 Å². The maximum atomic E-state index is 12.9. The molecule has 3 N–H and O–H groups in total. The predicted octanol–water partition coefficient (Wildman–Crippen LogP) is 3.61. The topological polar surface area (TPSA) is 123 Å². The Morgan fingerprint density at radius 3 is 2.41 bits per heavy atom. The number of sulfonamides is 1. The minimum atomic E-state index is -3.76. The van der Waals surface area contributed by atoms with Gasteiger partial charge in [0.25, 0.3) is 11.8 Å². The Bertz CT molecular complexity index is 1350. The second-order valence-corrected chi connectivity index (χ2v) is 9.54. The Labute approximate surface area is 197 Å². The number of hydrogen-bond acceptors (Lipinski definition) is 6. The lowest BCUT2D eigenvalue weighted by Gasteiger charge is -2.13. The van der Waals surface area contributed by atoms with Gasteiger partial charge in [0.1, 0.15) is 0 Å². The van der Waals surface area contributed by atoms with Crippen molar-refractivity contribution in [1.29, 1.82) is 0 Å². The minimum absolute atomic E-state index is 0.0253. The highest BCUT2D eigenvalue weighted by Crippen LogP contribution is 2.34. The van der Waals surface area contributed by atoms with Gasteiger partial charge in [-0.2, -0.15) is 0 Å². The second-order valence-electron chi connectivity index (χ2n) is 7.83. The first-order valence-electron chi connectivity index (χ1n) is 10.5. The zero-order chi connectivity index (χ0) is 24.3. The molecule has 0 fully saturated rings. The Balaban J connectivity index is 1.53. The summed E-state index contributed by atoms with van der Waals surface area (Å²) >= 11 is 0. The summed E-state index contributed by atoms with van der Waals surface area (Å²) in [6, 6.07) is 16.9. The monoisotopic (exact) mass is 481 g/mol. The molecule has 4 rings (SSSR count). The number of nitrogens with one attached hydrogen (secondary N) is 3. The maximum absolute atomic E-state index is 12.9. The molecule has 0 bridgehead atoms. The average Bonchev–Trinajstić information content (AvgIpc) is 3.26. The first kappa shape index (κ1) is 23.3. The first-order chi connectivity index (χ1) is 16.2. The average molecular weight is 482 g/mol. The minimum Gasteiger partial charge on any atom is -0.454 e. The van der Waals surface area contributed by atoms with E-state index in [1.54, 1.807) is 56.3 Å². The van der Waals surface area contributed by atoms with Crippen LogP contribution in [0, 0.1) is 0 Å². The van der Waals surface area contributed by atoms with Crippen LogP contribution in [0.25, 0.3) is 0 Å². The maximum Gasteiger partial charge on any atom is 0.257 e. The fourth-order valence-corrected chi connectivity index (χ4v) is 4.64. The summed E-state index contributed by atoms with van der Waals surface area (Å²) in [6.07, 6.45) is 0. The molecule has 1 aliphatic heterocycles. The van der Waals surface area contributed by atoms with E-state index in [-0.39, 0.29) is 34.5 Å². The van der Waals surface area contributed by atoms with Crippen molar-refractivity contribution in [1.82, 2.24) is 4.72 Å². The first-order valence-corrected chi connectivity index (χ1v) is 11.9. The van der Waals surface area contributed by atoms with Crippen LogP contribution < -0.4 is 24.8 Å². The number of rotatable bonds is 7. The molecule has 34 heavy (non-hydrogen) atoms. The molecular formula is C24H23N3O6S. The summed E-state index contributed by atoms with van der Waals surface area (Å²) in [5.74, 6) is 0.136. The van der Waals surface area contributed by atoms with Crippen molar-refractivity contribution in [2.24, 2.45) is 0 Å². The molecule has 3 aromatic carbocycles. The van der Waals surface area contributed by atoms with Crippen molar-refractivity contribution in [3.63, 3.8) is 0 Å². The van der Waals surface area contributed by atoms with Crippen LogP contribution in [-0.4, -0.2) is 33.1 Å². The van der Waals surface area contributed by atoms with Crippen molar-refractivity contribution < 1.29 is 27.5 Å². The van der Waals surface area contributed by atoms with Crippen LogP contribution in [-0.2, 0) is 10.0 Å². The molecule has 0 atom stereocenters. The van der Waals surface area contributed by atoms with E-state index >= 15 is 0 Å². The van der Waals surface area contributed by atoms with Crippen LogP contribution in [0.5, 0.6) is 11.5 Å². The molecule has 1 aliphatic rings. The standard InChI is InChI=1S/C24H23N3O6S/c1-15(2)27-34(30,31)18-7-5-6-16(12-18)23(28)26-20-9-4-3-8-19(20)24(29)25-17-10-11-21-22(13-17)33-14-32-21/h3-13,15,27H,14H2,1-2H3,(H,25,29)(H,26,28). The zero-order valence-electron chi connectivity index (χ0n) is 18.5. The van der Waals surface area contributed by atoms with Crippen LogP contribution >= 0.6 is 0 Å². The van der Waals surface area contributed by atoms with E-state index in [1.807, 2.05) is 0 Å². The largest absolute Gasteiger partial charge is 0.454 e. The summed E-state index contributed by atoms with van der Waals surface area (Å²) in [4.78, 5) is 25.8. The molecule has 0 aliphatic carbocycles. The summed E-state index contributed by atoms with van der Waals surface area (Å²) in [5.41, 5.74) is 1.15. The molecule has 2 amide bonds. The quantitative estimate of drug-likeness (QED) is 0.474. The van der Waals surface area contributed by atoms with Gasteiger partial charge < -0.3 is 20.1 Å². The van der Waals surface area contributed by atoms with Crippen molar-refractivity contribution in [3.8, 4) is 11.5 Å². The van der Waals surface area contributed by atoms with Gasteiger partial charge in [-0.15, -0.1) is 0 Å². The fraction of sp³-hybridized carbons (Fsp3) is 0.167. The molecule has 0 unspecified atom stereocenters. The smallest absolute Gasteiger partial charge is 0.257 e. The third-order valence-corrected chi connectivity index (χ3v) is 6.50. The number of fused-ring (bicyclic) bond motifs is 1. The molecule has 0 radical (unpaired) electrons.